The number of hydrogen-bond acceptors (Lipinski definition) is 4. The molecule has 0 bridgehead atoms. The van der Waals surface area contributed by atoms with E-state index in [1.807, 2.05) is 6.92 Å². The standard InChI is InChI=1S/C21H27N5O2S.ClH/c1-21(10-5-12-23-21)11-13-29(28,26-22-2)25-20(27)24-19-17-8-3-6-15(17)14-16-7-4-9-18(16)19;/h11,13-14,23H,3-10,12H2,1H3,(H2,24,25,26,27,28);1H/b13-11+;/t21-,29?;/m0./s1. The number of carbonyl (C=O) groups is 1. The average molecular weight is 450 g/mol. The predicted octanol–water partition coefficient (Wildman–Crippen LogP) is 4.08. The third-order valence-electron chi connectivity index (χ3n) is 6.13. The highest BCUT2D eigenvalue weighted by molar-refractivity contribution is 7.95. The molecule has 9 heteroatoms. The lowest BCUT2D eigenvalue weighted by molar-refractivity contribution is 0.257. The molecule has 30 heavy (non-hydrogen) atoms. The number of urea groups is 1. The molecule has 7 nitrogen and oxygen atoms in total. The van der Waals surface area contributed by atoms with Crippen molar-refractivity contribution in [3.8, 4) is 0 Å². The van der Waals surface area contributed by atoms with Gasteiger partial charge in [-0.2, -0.15) is 6.57 Å². The highest BCUT2D eigenvalue weighted by atomic mass is 35.5. The van der Waals surface area contributed by atoms with Crippen LogP contribution in [0.1, 0.15) is 54.9 Å². The third-order valence-corrected chi connectivity index (χ3v) is 7.44. The zero-order valence-corrected chi connectivity index (χ0v) is 18.8. The van der Waals surface area contributed by atoms with Crippen molar-refractivity contribution < 1.29 is 9.00 Å². The van der Waals surface area contributed by atoms with Crippen molar-refractivity contribution in [3.63, 3.8) is 0 Å². The second-order valence-electron chi connectivity index (χ2n) is 8.29. The van der Waals surface area contributed by atoms with Crippen LogP contribution in [0.5, 0.6) is 0 Å². The summed E-state index contributed by atoms with van der Waals surface area (Å²) >= 11 is 0. The molecule has 0 saturated carbocycles. The lowest BCUT2D eigenvalue weighted by Crippen LogP contribution is -2.36. The van der Waals surface area contributed by atoms with Gasteiger partial charge in [0.05, 0.1) is 0 Å². The molecule has 1 fully saturated rings. The summed E-state index contributed by atoms with van der Waals surface area (Å²) < 4.78 is 19.0. The monoisotopic (exact) mass is 449 g/mol. The molecule has 1 heterocycles. The molecule has 2 atom stereocenters. The summed E-state index contributed by atoms with van der Waals surface area (Å²) in [6.45, 7) is 9.91. The van der Waals surface area contributed by atoms with E-state index in [0.717, 1.165) is 63.6 Å². The van der Waals surface area contributed by atoms with E-state index in [9.17, 15) is 9.00 Å². The predicted molar refractivity (Wildman–Crippen MR) is 122 cm³/mol. The Morgan fingerprint density at radius 2 is 1.90 bits per heavy atom. The summed E-state index contributed by atoms with van der Waals surface area (Å²) in [6, 6.07) is 1.72. The summed E-state index contributed by atoms with van der Waals surface area (Å²) in [5.74, 6) is 0. The van der Waals surface area contributed by atoms with Gasteiger partial charge in [-0.25, -0.2) is 13.7 Å². The Labute approximate surface area is 184 Å². The summed E-state index contributed by atoms with van der Waals surface area (Å²) in [4.78, 5) is 15.7. The van der Waals surface area contributed by atoms with Gasteiger partial charge in [0.2, 0.25) is 9.92 Å². The van der Waals surface area contributed by atoms with E-state index in [2.05, 4.69) is 30.8 Å². The minimum Gasteiger partial charge on any atom is -0.308 e. The summed E-state index contributed by atoms with van der Waals surface area (Å²) in [6.07, 6.45) is 9.85. The number of aryl methyl sites for hydroxylation is 2. The number of hydrogen-bond donors (Lipinski definition) is 3. The summed E-state index contributed by atoms with van der Waals surface area (Å²) in [5, 5.41) is 7.65. The van der Waals surface area contributed by atoms with E-state index >= 15 is 0 Å². The second-order valence-corrected chi connectivity index (χ2v) is 10.1. The highest BCUT2D eigenvalue weighted by Gasteiger charge is 2.28. The number of nitrogens with one attached hydrogen (secondary N) is 3. The van der Waals surface area contributed by atoms with Gasteiger partial charge >= 0.3 is 6.03 Å². The molecule has 1 aromatic carbocycles. The van der Waals surface area contributed by atoms with Crippen molar-refractivity contribution in [2.75, 3.05) is 11.9 Å². The Morgan fingerprint density at radius 3 is 2.47 bits per heavy atom. The number of amides is 2. The van der Waals surface area contributed by atoms with Gasteiger partial charge in [0.25, 0.3) is 0 Å². The molecule has 3 N–H and O–H groups in total. The van der Waals surface area contributed by atoms with Crippen molar-refractivity contribution in [1.29, 1.82) is 0 Å². The maximum Gasteiger partial charge on any atom is 0.332 e. The smallest absolute Gasteiger partial charge is 0.308 e. The molecule has 0 radical (unpaired) electrons. The molecule has 0 spiro atoms. The summed E-state index contributed by atoms with van der Waals surface area (Å²) in [5.41, 5.74) is 5.61. The van der Waals surface area contributed by atoms with Gasteiger partial charge in [-0.15, -0.1) is 17.4 Å². The van der Waals surface area contributed by atoms with Crippen molar-refractivity contribution in [1.82, 2.24) is 10.0 Å². The van der Waals surface area contributed by atoms with Gasteiger partial charge in [-0.3, -0.25) is 0 Å². The lowest BCUT2D eigenvalue weighted by Gasteiger charge is -2.19. The number of nitrogens with zero attached hydrogens (tertiary/aromatic N) is 2. The first kappa shape index (κ1) is 22.6. The van der Waals surface area contributed by atoms with Crippen LogP contribution < -0.4 is 15.4 Å². The Hall–Kier alpha value is -2.08. The van der Waals surface area contributed by atoms with Crippen LogP contribution >= 0.6 is 12.4 Å². The van der Waals surface area contributed by atoms with Gasteiger partial charge < -0.3 is 10.6 Å². The number of benzene rings is 1. The minimum absolute atomic E-state index is 0. The van der Waals surface area contributed by atoms with Crippen LogP contribution in [-0.2, 0) is 35.6 Å². The number of fused-ring (bicyclic) bond motifs is 2. The third kappa shape index (κ3) is 4.64. The molecular weight excluding hydrogens is 422 g/mol. The zero-order chi connectivity index (χ0) is 20.5. The van der Waals surface area contributed by atoms with E-state index in [-0.39, 0.29) is 17.9 Å². The molecule has 3 aliphatic rings. The first-order chi connectivity index (χ1) is 13.9. The average Bonchev–Trinajstić information content (AvgIpc) is 3.41. The normalized spacial score (nSPS) is 23.7. The molecule has 4 rings (SSSR count). The largest absolute Gasteiger partial charge is 0.332 e. The van der Waals surface area contributed by atoms with Crippen LogP contribution in [0.2, 0.25) is 0 Å². The van der Waals surface area contributed by atoms with Crippen LogP contribution in [0.3, 0.4) is 0 Å². The molecule has 2 amide bonds. The van der Waals surface area contributed by atoms with E-state index in [0.29, 0.717) is 0 Å². The Bertz CT molecular complexity index is 999. The minimum atomic E-state index is -3.32. The van der Waals surface area contributed by atoms with Crippen molar-refractivity contribution in [2.45, 2.75) is 63.8 Å². The van der Waals surface area contributed by atoms with Gasteiger partial charge in [-0.1, -0.05) is 12.1 Å². The van der Waals surface area contributed by atoms with Crippen LogP contribution in [0.4, 0.5) is 10.5 Å². The van der Waals surface area contributed by atoms with E-state index in [4.69, 9.17) is 6.57 Å². The fraction of sp³-hybridized carbons (Fsp3) is 0.524. The zero-order valence-electron chi connectivity index (χ0n) is 17.1. The molecule has 1 unspecified atom stereocenters. The highest BCUT2D eigenvalue weighted by Crippen LogP contribution is 2.38. The molecule has 0 aromatic heterocycles. The maximum absolute atomic E-state index is 13.1. The second kappa shape index (κ2) is 8.96. The molecule has 162 valence electrons. The van der Waals surface area contributed by atoms with Crippen LogP contribution in [0.25, 0.3) is 4.95 Å². The number of halogens is 1. The van der Waals surface area contributed by atoms with Gasteiger partial charge in [-0.05, 0) is 87.1 Å². The molecule has 1 aromatic rings. The number of rotatable bonds is 4. The van der Waals surface area contributed by atoms with E-state index < -0.39 is 15.9 Å². The fourth-order valence-electron chi connectivity index (χ4n) is 4.68. The molecular formula is C21H28ClN5O2S. The Morgan fingerprint density at radius 1 is 1.23 bits per heavy atom. The first-order valence-electron chi connectivity index (χ1n) is 10.2. The molecule has 1 saturated heterocycles. The topological polar surface area (TPSA) is 87.0 Å². The van der Waals surface area contributed by atoms with Crippen LogP contribution in [-0.4, -0.2) is 22.3 Å². The van der Waals surface area contributed by atoms with E-state index in [1.54, 1.807) is 6.08 Å². The quantitative estimate of drug-likeness (QED) is 0.478. The molecule has 1 aliphatic heterocycles. The van der Waals surface area contributed by atoms with Gasteiger partial charge in [0.15, 0.2) is 4.47 Å². The first-order valence-corrected chi connectivity index (χ1v) is 11.8. The fourth-order valence-corrected chi connectivity index (χ4v) is 5.77. The van der Waals surface area contributed by atoms with Crippen LogP contribution in [0, 0.1) is 6.57 Å². The van der Waals surface area contributed by atoms with Gasteiger partial charge in [0.1, 0.15) is 0 Å². The Kier molecular flexibility index (Phi) is 6.75. The SMILES string of the molecule is Cl.[C-]#[N+]N=S(=O)(/C=C/[C@]1(C)CCCN1)NC(=O)Nc1c2c(cc3c1CCC3)CCC2. The van der Waals surface area contributed by atoms with Gasteiger partial charge in [0, 0.05) is 16.6 Å². The Balaban J connectivity index is 0.00000256. The number of carbonyl (C=O) groups excluding carboxylic acids is 1. The van der Waals surface area contributed by atoms with Crippen molar-refractivity contribution in [3.05, 3.63) is 51.3 Å². The van der Waals surface area contributed by atoms with Crippen molar-refractivity contribution in [2.24, 2.45) is 4.47 Å². The van der Waals surface area contributed by atoms with Crippen molar-refractivity contribution >= 4 is 34.0 Å². The maximum atomic E-state index is 13.1. The lowest BCUT2D eigenvalue weighted by atomic mass is 9.99. The van der Waals surface area contributed by atoms with Crippen LogP contribution in [0.15, 0.2) is 22.0 Å². The summed E-state index contributed by atoms with van der Waals surface area (Å²) in [7, 11) is -3.32. The number of anilines is 1. The molecule has 2 aliphatic carbocycles. The van der Waals surface area contributed by atoms with E-state index in [1.165, 1.54) is 27.7 Å².